The van der Waals surface area contributed by atoms with Crippen molar-refractivity contribution in [2.45, 2.75) is 116 Å². The quantitative estimate of drug-likeness (QED) is 0.427. The number of nitrogens with one attached hydrogen (secondary N) is 2. The Morgan fingerprint density at radius 3 is 2.55 bits per heavy atom. The maximum atomic E-state index is 14.2. The summed E-state index contributed by atoms with van der Waals surface area (Å²) in [6, 6.07) is 9.67. The number of carbonyl (C=O) groups excluding carboxylic acids is 4. The van der Waals surface area contributed by atoms with Crippen LogP contribution in [0.25, 0.3) is 10.8 Å². The number of fused-ring (bicyclic) bond motifs is 2. The Hall–Kier alpha value is -3.88. The topological polar surface area (TPSA) is 114 Å². The molecule has 2 aromatic rings. The van der Waals surface area contributed by atoms with Crippen molar-refractivity contribution in [3.8, 4) is 5.75 Å². The number of amides is 3. The zero-order valence-corrected chi connectivity index (χ0v) is 26.7. The standard InChI is InChI=1S/C35H47N3O6/c1-6-26-27-16-14-13-15-24(27)19-20-31(26)43-25-21-30-32(40)36-28(23(2)39)17-11-9-7-8-10-12-18-29(33(41)38(30)22-25)37-34(42)44-35(3,4)5/h9,11,13-16,19-20,25,28-30H,6-8,10,12,17-18,21-22H2,1-5H3,(H,36,40)(H,37,42)/b11-9-/t25?,28?,29-,30?/m0/s1. The van der Waals surface area contributed by atoms with E-state index >= 15 is 0 Å². The molecule has 0 radical (unpaired) electrons. The molecule has 4 rings (SSSR count). The van der Waals surface area contributed by atoms with Gasteiger partial charge in [-0.2, -0.15) is 0 Å². The fourth-order valence-corrected chi connectivity index (χ4v) is 5.98. The highest BCUT2D eigenvalue weighted by atomic mass is 16.6. The second-order valence-corrected chi connectivity index (χ2v) is 12.8. The first-order valence-electron chi connectivity index (χ1n) is 15.9. The van der Waals surface area contributed by atoms with Crippen LogP contribution in [0.1, 0.15) is 85.1 Å². The minimum absolute atomic E-state index is 0.149. The molecule has 9 nitrogen and oxygen atoms in total. The normalized spacial score (nSPS) is 24.4. The minimum atomic E-state index is -0.866. The molecular formula is C35H47N3O6. The molecule has 2 aromatic carbocycles. The van der Waals surface area contributed by atoms with Crippen molar-refractivity contribution in [2.75, 3.05) is 6.54 Å². The van der Waals surface area contributed by atoms with Gasteiger partial charge in [-0.05, 0) is 76.6 Å². The van der Waals surface area contributed by atoms with Crippen LogP contribution in [0.15, 0.2) is 48.6 Å². The molecule has 3 unspecified atom stereocenters. The van der Waals surface area contributed by atoms with E-state index in [1.807, 2.05) is 36.4 Å². The summed E-state index contributed by atoms with van der Waals surface area (Å²) in [5.41, 5.74) is 0.337. The van der Waals surface area contributed by atoms with E-state index in [4.69, 9.17) is 9.47 Å². The van der Waals surface area contributed by atoms with E-state index in [1.165, 1.54) is 11.8 Å². The Labute approximate surface area is 260 Å². The number of hydrogen-bond acceptors (Lipinski definition) is 6. The van der Waals surface area contributed by atoms with Crippen LogP contribution >= 0.6 is 0 Å². The molecule has 9 heteroatoms. The van der Waals surface area contributed by atoms with E-state index in [9.17, 15) is 19.2 Å². The first-order valence-corrected chi connectivity index (χ1v) is 15.9. The molecule has 2 N–H and O–H groups in total. The molecule has 0 saturated carbocycles. The van der Waals surface area contributed by atoms with Crippen LogP contribution in [-0.4, -0.2) is 65.0 Å². The van der Waals surface area contributed by atoms with Crippen molar-refractivity contribution < 1.29 is 28.7 Å². The van der Waals surface area contributed by atoms with Crippen molar-refractivity contribution in [3.05, 3.63) is 54.1 Å². The van der Waals surface area contributed by atoms with Gasteiger partial charge in [-0.15, -0.1) is 0 Å². The van der Waals surface area contributed by atoms with E-state index in [-0.39, 0.29) is 24.7 Å². The lowest BCUT2D eigenvalue weighted by Gasteiger charge is -2.30. The number of aryl methyl sites for hydroxylation is 1. The second kappa shape index (κ2) is 14.7. The maximum Gasteiger partial charge on any atom is 0.408 e. The maximum absolute atomic E-state index is 14.2. The van der Waals surface area contributed by atoms with Gasteiger partial charge in [0.05, 0.1) is 12.6 Å². The third kappa shape index (κ3) is 8.61. The van der Waals surface area contributed by atoms with Gasteiger partial charge in [0.2, 0.25) is 11.8 Å². The molecule has 2 heterocycles. The van der Waals surface area contributed by atoms with Crippen LogP contribution in [0.3, 0.4) is 0 Å². The Bertz CT molecular complexity index is 1380. The lowest BCUT2D eigenvalue weighted by Crippen LogP contribution is -2.55. The lowest BCUT2D eigenvalue weighted by molar-refractivity contribution is -0.140. The zero-order chi connectivity index (χ0) is 31.9. The summed E-state index contributed by atoms with van der Waals surface area (Å²) in [7, 11) is 0. The lowest BCUT2D eigenvalue weighted by atomic mass is 10.0. The number of allylic oxidation sites excluding steroid dienone is 1. The van der Waals surface area contributed by atoms with Gasteiger partial charge in [0.1, 0.15) is 29.5 Å². The molecule has 238 valence electrons. The molecule has 0 spiro atoms. The van der Waals surface area contributed by atoms with Gasteiger partial charge in [0.25, 0.3) is 0 Å². The number of hydrogen-bond donors (Lipinski definition) is 2. The summed E-state index contributed by atoms with van der Waals surface area (Å²) in [4.78, 5) is 54.7. The summed E-state index contributed by atoms with van der Waals surface area (Å²) >= 11 is 0. The molecule has 3 amide bonds. The molecule has 0 aliphatic carbocycles. The van der Waals surface area contributed by atoms with Gasteiger partial charge in [0, 0.05) is 12.0 Å². The number of carbonyl (C=O) groups is 4. The van der Waals surface area contributed by atoms with Gasteiger partial charge in [-0.1, -0.05) is 62.2 Å². The third-order valence-corrected chi connectivity index (χ3v) is 8.19. The largest absolute Gasteiger partial charge is 0.488 e. The summed E-state index contributed by atoms with van der Waals surface area (Å²) < 4.78 is 12.0. The summed E-state index contributed by atoms with van der Waals surface area (Å²) in [6.45, 7) is 9.01. The first kappa shape index (κ1) is 33.0. The predicted octanol–water partition coefficient (Wildman–Crippen LogP) is 5.63. The molecule has 2 aliphatic rings. The Morgan fingerprint density at radius 1 is 1.05 bits per heavy atom. The third-order valence-electron chi connectivity index (χ3n) is 8.19. The summed E-state index contributed by atoms with van der Waals surface area (Å²) in [5, 5.41) is 7.90. The zero-order valence-electron chi connectivity index (χ0n) is 26.7. The fourth-order valence-electron chi connectivity index (χ4n) is 5.98. The number of alkyl carbamates (subject to hydrolysis) is 1. The summed E-state index contributed by atoms with van der Waals surface area (Å²) in [5.74, 6) is -0.187. The average Bonchev–Trinajstić information content (AvgIpc) is 3.39. The fraction of sp³-hybridized carbons (Fsp3) is 0.543. The molecule has 2 aliphatic heterocycles. The Morgan fingerprint density at radius 2 is 1.82 bits per heavy atom. The van der Waals surface area contributed by atoms with Gasteiger partial charge >= 0.3 is 6.09 Å². The Kier molecular flexibility index (Phi) is 11.1. The molecule has 0 aromatic heterocycles. The van der Waals surface area contributed by atoms with Crippen LogP contribution in [0.2, 0.25) is 0 Å². The highest BCUT2D eigenvalue weighted by Gasteiger charge is 2.44. The van der Waals surface area contributed by atoms with Gasteiger partial charge in [-0.25, -0.2) is 4.79 Å². The van der Waals surface area contributed by atoms with E-state index in [0.29, 0.717) is 12.8 Å². The van der Waals surface area contributed by atoms with E-state index in [1.54, 1.807) is 20.8 Å². The predicted molar refractivity (Wildman–Crippen MR) is 170 cm³/mol. The molecule has 4 atom stereocenters. The highest BCUT2D eigenvalue weighted by molar-refractivity contribution is 5.94. The molecule has 1 saturated heterocycles. The van der Waals surface area contributed by atoms with Crippen molar-refractivity contribution in [3.63, 3.8) is 0 Å². The van der Waals surface area contributed by atoms with Crippen LogP contribution in [0, 0.1) is 0 Å². The van der Waals surface area contributed by atoms with E-state index in [2.05, 4.69) is 29.7 Å². The van der Waals surface area contributed by atoms with Gasteiger partial charge in [0.15, 0.2) is 5.78 Å². The molecule has 44 heavy (non-hydrogen) atoms. The number of nitrogens with zero attached hydrogens (tertiary/aromatic N) is 1. The smallest absolute Gasteiger partial charge is 0.408 e. The Balaban J connectivity index is 1.64. The van der Waals surface area contributed by atoms with Gasteiger partial charge in [-0.3, -0.25) is 14.4 Å². The number of ketones is 1. The monoisotopic (exact) mass is 605 g/mol. The minimum Gasteiger partial charge on any atom is -0.488 e. The second-order valence-electron chi connectivity index (χ2n) is 12.8. The number of rotatable bonds is 5. The highest BCUT2D eigenvalue weighted by Crippen LogP contribution is 2.32. The van der Waals surface area contributed by atoms with Crippen LogP contribution in [-0.2, 0) is 25.5 Å². The first-order chi connectivity index (χ1) is 21.0. The van der Waals surface area contributed by atoms with Crippen LogP contribution in [0.4, 0.5) is 4.79 Å². The van der Waals surface area contributed by atoms with Crippen LogP contribution in [0.5, 0.6) is 5.75 Å². The van der Waals surface area contributed by atoms with Crippen molar-refractivity contribution >= 4 is 34.5 Å². The van der Waals surface area contributed by atoms with Crippen LogP contribution < -0.4 is 15.4 Å². The molecule has 1 fully saturated rings. The number of Topliss-reactive ketones (excluding diaryl/α,β-unsaturated/α-hetero) is 1. The molecule has 0 bridgehead atoms. The van der Waals surface area contributed by atoms with E-state index in [0.717, 1.165) is 54.2 Å². The van der Waals surface area contributed by atoms with E-state index < -0.39 is 41.8 Å². The van der Waals surface area contributed by atoms with Gasteiger partial charge < -0.3 is 25.0 Å². The number of ether oxygens (including phenoxy) is 2. The average molecular weight is 606 g/mol. The molecular weight excluding hydrogens is 558 g/mol. The number of benzene rings is 2. The van der Waals surface area contributed by atoms with Crippen molar-refractivity contribution in [1.82, 2.24) is 15.5 Å². The van der Waals surface area contributed by atoms with Crippen molar-refractivity contribution in [1.29, 1.82) is 0 Å². The summed E-state index contributed by atoms with van der Waals surface area (Å²) in [6.07, 6.45) is 7.99. The SMILES string of the molecule is CCc1c(OC2CC3C(=O)NC(C(C)=O)C/C=C\CCCCC[C@H](NC(=O)OC(C)(C)C)C(=O)N3C2)ccc2ccccc12. The van der Waals surface area contributed by atoms with Crippen molar-refractivity contribution in [2.24, 2.45) is 0 Å².